The number of rotatable bonds is 10. The summed E-state index contributed by atoms with van der Waals surface area (Å²) >= 11 is 0. The van der Waals surface area contributed by atoms with Crippen LogP contribution in [0.25, 0.3) is 11.0 Å². The van der Waals surface area contributed by atoms with Crippen LogP contribution in [0, 0.1) is 0 Å². The normalized spacial score (nSPS) is 22.0. The van der Waals surface area contributed by atoms with Gasteiger partial charge in [-0.3, -0.25) is 4.98 Å². The molecule has 4 heterocycles. The Morgan fingerprint density at radius 1 is 1.10 bits per heavy atom. The summed E-state index contributed by atoms with van der Waals surface area (Å²) in [7, 11) is -6.84. The van der Waals surface area contributed by atoms with Crippen LogP contribution in [0.4, 0.5) is 0 Å². The highest BCUT2D eigenvalue weighted by Crippen LogP contribution is 2.38. The highest BCUT2D eigenvalue weighted by Gasteiger charge is 2.44. The lowest BCUT2D eigenvalue weighted by molar-refractivity contribution is -0.0311. The molecule has 2 aromatic heterocycles. The molecule has 0 amide bonds. The zero-order valence-corrected chi connectivity index (χ0v) is 23.3. The van der Waals surface area contributed by atoms with Crippen molar-refractivity contribution in [2.24, 2.45) is 0 Å². The maximum absolute atomic E-state index is 13.2. The summed E-state index contributed by atoms with van der Waals surface area (Å²) in [5.41, 5.74) is 1.15. The van der Waals surface area contributed by atoms with Crippen molar-refractivity contribution in [3.8, 4) is 5.75 Å². The van der Waals surface area contributed by atoms with Gasteiger partial charge in [0.2, 0.25) is 10.0 Å². The van der Waals surface area contributed by atoms with Crippen molar-refractivity contribution >= 4 is 30.9 Å². The first-order valence-corrected chi connectivity index (χ1v) is 16.5. The van der Waals surface area contributed by atoms with E-state index in [1.807, 2.05) is 6.07 Å². The number of aromatic amines is 1. The molecule has 0 unspecified atom stereocenters. The van der Waals surface area contributed by atoms with Gasteiger partial charge in [0.1, 0.15) is 10.6 Å². The molecule has 3 fully saturated rings. The first-order valence-electron chi connectivity index (χ1n) is 13.5. The number of hydrogen-bond donors (Lipinski definition) is 2. The lowest BCUT2D eigenvalue weighted by Crippen LogP contribution is -2.46. The summed E-state index contributed by atoms with van der Waals surface area (Å²) in [6.45, 7) is 2.66. The van der Waals surface area contributed by atoms with Gasteiger partial charge in [-0.25, -0.2) is 16.8 Å². The minimum Gasteiger partial charge on any atom is -0.494 e. The van der Waals surface area contributed by atoms with E-state index in [-0.39, 0.29) is 21.8 Å². The van der Waals surface area contributed by atoms with Crippen molar-refractivity contribution in [3.63, 3.8) is 0 Å². The number of sulfonamides is 1. The highest BCUT2D eigenvalue weighted by molar-refractivity contribution is 7.92. The molecule has 1 aliphatic carbocycles. The second-order valence-corrected chi connectivity index (χ2v) is 14.9. The van der Waals surface area contributed by atoms with E-state index in [1.165, 1.54) is 10.5 Å². The Morgan fingerprint density at radius 2 is 1.92 bits per heavy atom. The van der Waals surface area contributed by atoms with Gasteiger partial charge in [0.15, 0.2) is 9.84 Å². The van der Waals surface area contributed by atoms with E-state index in [2.05, 4.69) is 15.3 Å². The first kappa shape index (κ1) is 26.7. The van der Waals surface area contributed by atoms with E-state index in [4.69, 9.17) is 9.47 Å². The van der Waals surface area contributed by atoms with Gasteiger partial charge in [-0.05, 0) is 75.4 Å². The van der Waals surface area contributed by atoms with E-state index in [0.29, 0.717) is 55.3 Å². The standard InChI is InChI=1S/C27H34N4O6S2/c32-38(33,22-5-6-22)23-4-1-3-21(15-23)36-14-2-10-28-20-17-27(37-19-20)8-12-31(13-9-27)39(34,35)24-16-26-25(30-18-24)7-11-29-26/h1,3-4,7,11,15-16,18,20,22,28-29H,2,5-6,8-10,12-14,17,19H2/t20-/m1/s1. The summed E-state index contributed by atoms with van der Waals surface area (Å²) in [6, 6.07) is 10.4. The van der Waals surface area contributed by atoms with E-state index in [1.54, 1.807) is 36.5 Å². The summed E-state index contributed by atoms with van der Waals surface area (Å²) in [6.07, 6.45) is 7.59. The van der Waals surface area contributed by atoms with E-state index < -0.39 is 19.9 Å². The second-order valence-electron chi connectivity index (χ2n) is 10.8. The topological polar surface area (TPSA) is 131 Å². The molecule has 2 saturated heterocycles. The fourth-order valence-corrected chi connectivity index (χ4v) is 8.65. The molecule has 6 rings (SSSR count). The Bertz CT molecular complexity index is 1540. The zero-order valence-electron chi connectivity index (χ0n) is 21.7. The third-order valence-corrected chi connectivity index (χ3v) is 12.1. The SMILES string of the molecule is O=S(=O)(c1cccc(OCCCN[C@H]2COC3(CCN(S(=O)(=O)c4cnc5cc[nH]c5c4)CC3)C2)c1)C1CC1. The molecule has 210 valence electrons. The molecule has 12 heteroatoms. The average Bonchev–Trinajstić information content (AvgIpc) is 3.59. The van der Waals surface area contributed by atoms with Crippen molar-refractivity contribution in [1.82, 2.24) is 19.6 Å². The molecule has 10 nitrogen and oxygen atoms in total. The fraction of sp³-hybridized carbons (Fsp3) is 0.519. The number of nitrogens with zero attached hydrogens (tertiary/aromatic N) is 2. The number of nitrogens with one attached hydrogen (secondary N) is 2. The number of ether oxygens (including phenoxy) is 2. The molecular formula is C27H34N4O6S2. The summed E-state index contributed by atoms with van der Waals surface area (Å²) in [5, 5.41) is 3.30. The minimum atomic E-state index is -3.61. The fourth-order valence-electron chi connectivity index (χ4n) is 5.54. The Hall–Kier alpha value is -2.51. The number of benzene rings is 1. The van der Waals surface area contributed by atoms with Crippen LogP contribution in [0.3, 0.4) is 0 Å². The van der Waals surface area contributed by atoms with Crippen molar-refractivity contribution in [2.45, 2.75) is 65.2 Å². The molecule has 1 atom stereocenters. The number of hydrogen-bond acceptors (Lipinski definition) is 8. The van der Waals surface area contributed by atoms with Gasteiger partial charge in [0.05, 0.1) is 40.0 Å². The van der Waals surface area contributed by atoms with Gasteiger partial charge in [-0.2, -0.15) is 4.31 Å². The molecule has 1 aromatic carbocycles. The van der Waals surface area contributed by atoms with Crippen LogP contribution in [0.2, 0.25) is 0 Å². The Morgan fingerprint density at radius 3 is 2.72 bits per heavy atom. The number of H-pyrrole nitrogens is 1. The molecule has 39 heavy (non-hydrogen) atoms. The monoisotopic (exact) mass is 574 g/mol. The third-order valence-electron chi connectivity index (χ3n) is 7.97. The van der Waals surface area contributed by atoms with Crippen LogP contribution in [-0.2, 0) is 24.6 Å². The summed E-state index contributed by atoms with van der Waals surface area (Å²) in [4.78, 5) is 7.83. The lowest BCUT2D eigenvalue weighted by Gasteiger charge is -2.38. The summed E-state index contributed by atoms with van der Waals surface area (Å²) in [5.74, 6) is 0.574. The third kappa shape index (κ3) is 5.58. The van der Waals surface area contributed by atoms with Crippen molar-refractivity contribution < 1.29 is 26.3 Å². The average molecular weight is 575 g/mol. The highest BCUT2D eigenvalue weighted by atomic mass is 32.2. The van der Waals surface area contributed by atoms with Gasteiger partial charge in [0, 0.05) is 31.5 Å². The largest absolute Gasteiger partial charge is 0.494 e. The van der Waals surface area contributed by atoms with Gasteiger partial charge >= 0.3 is 0 Å². The molecule has 0 bridgehead atoms. The number of piperidine rings is 1. The molecule has 1 spiro atoms. The van der Waals surface area contributed by atoms with Gasteiger partial charge in [0.25, 0.3) is 0 Å². The molecule has 2 aliphatic heterocycles. The first-order chi connectivity index (χ1) is 18.8. The van der Waals surface area contributed by atoms with Crippen molar-refractivity contribution in [1.29, 1.82) is 0 Å². The predicted octanol–water partition coefficient (Wildman–Crippen LogP) is 2.87. The smallest absolute Gasteiger partial charge is 0.244 e. The number of aromatic nitrogens is 2. The van der Waals surface area contributed by atoms with Gasteiger partial charge < -0.3 is 19.8 Å². The van der Waals surface area contributed by atoms with Crippen LogP contribution >= 0.6 is 0 Å². The lowest BCUT2D eigenvalue weighted by atomic mass is 9.88. The summed E-state index contributed by atoms with van der Waals surface area (Å²) < 4.78 is 64.9. The second kappa shape index (κ2) is 10.5. The molecule has 3 aromatic rings. The Kier molecular flexibility index (Phi) is 7.17. The quantitative estimate of drug-likeness (QED) is 0.354. The molecular weight excluding hydrogens is 540 g/mol. The van der Waals surface area contributed by atoms with Crippen LogP contribution in [0.15, 0.2) is 58.6 Å². The molecule has 0 radical (unpaired) electrons. The zero-order chi connectivity index (χ0) is 27.1. The van der Waals surface area contributed by atoms with E-state index in [9.17, 15) is 16.8 Å². The minimum absolute atomic E-state index is 0.207. The molecule has 1 saturated carbocycles. The van der Waals surface area contributed by atoms with Gasteiger partial charge in [-0.15, -0.1) is 0 Å². The number of pyridine rings is 1. The van der Waals surface area contributed by atoms with Crippen LogP contribution in [-0.4, -0.2) is 80.8 Å². The Balaban J connectivity index is 0.943. The van der Waals surface area contributed by atoms with Crippen LogP contribution in [0.1, 0.15) is 38.5 Å². The molecule has 2 N–H and O–H groups in total. The van der Waals surface area contributed by atoms with Crippen molar-refractivity contribution in [3.05, 3.63) is 48.8 Å². The molecule has 3 aliphatic rings. The van der Waals surface area contributed by atoms with Gasteiger partial charge in [-0.1, -0.05) is 6.07 Å². The maximum atomic E-state index is 13.2. The van der Waals surface area contributed by atoms with Crippen LogP contribution in [0.5, 0.6) is 5.75 Å². The van der Waals surface area contributed by atoms with Crippen molar-refractivity contribution in [2.75, 3.05) is 32.8 Å². The van der Waals surface area contributed by atoms with Crippen LogP contribution < -0.4 is 10.1 Å². The Labute approximate surface area is 229 Å². The maximum Gasteiger partial charge on any atom is 0.244 e. The number of fused-ring (bicyclic) bond motifs is 1. The van der Waals surface area contributed by atoms with E-state index >= 15 is 0 Å². The van der Waals surface area contributed by atoms with E-state index in [0.717, 1.165) is 37.7 Å². The number of sulfone groups is 1. The predicted molar refractivity (Wildman–Crippen MR) is 146 cm³/mol.